The normalized spacial score (nSPS) is 11.1. The third-order valence-electron chi connectivity index (χ3n) is 1.85. The van der Waals surface area contributed by atoms with Crippen molar-refractivity contribution in [2.24, 2.45) is 0 Å². The van der Waals surface area contributed by atoms with Crippen molar-refractivity contribution in [2.45, 2.75) is 20.0 Å². The lowest BCUT2D eigenvalue weighted by molar-refractivity contribution is 0.243. The molecule has 1 heterocycles. The third-order valence-corrected chi connectivity index (χ3v) is 2.67. The predicted molar refractivity (Wildman–Crippen MR) is 64.6 cm³/mol. The Morgan fingerprint density at radius 2 is 2.21 bits per heavy atom. The van der Waals surface area contributed by atoms with Gasteiger partial charge >= 0.3 is 0 Å². The summed E-state index contributed by atoms with van der Waals surface area (Å²) in [6.45, 7) is 4.04. The number of hydrogen-bond donors (Lipinski definition) is 1. The molecule has 3 nitrogen and oxygen atoms in total. The maximum absolute atomic E-state index is 5.60. The Bertz CT molecular complexity index is 450. The summed E-state index contributed by atoms with van der Waals surface area (Å²) in [5, 5.41) is 8.20. The van der Waals surface area contributed by atoms with Gasteiger partial charge in [-0.1, -0.05) is 0 Å². The highest BCUT2D eigenvalue weighted by atomic mass is 127. The first-order valence-corrected chi connectivity index (χ1v) is 5.55. The van der Waals surface area contributed by atoms with Crippen LogP contribution in [0.5, 0.6) is 5.75 Å². The second-order valence-corrected chi connectivity index (χ2v) is 4.46. The SMILES string of the molecule is CC(C)Oc1ccc2n[nH]c(I)c2c1. The number of benzene rings is 1. The quantitative estimate of drug-likeness (QED) is 0.866. The summed E-state index contributed by atoms with van der Waals surface area (Å²) in [6, 6.07) is 5.92. The average Bonchev–Trinajstić information content (AvgIpc) is 2.47. The number of aromatic nitrogens is 2. The molecule has 0 saturated carbocycles. The van der Waals surface area contributed by atoms with Crippen LogP contribution in [0, 0.1) is 3.70 Å². The lowest BCUT2D eigenvalue weighted by Gasteiger charge is -2.08. The lowest BCUT2D eigenvalue weighted by atomic mass is 10.2. The Morgan fingerprint density at radius 3 is 2.93 bits per heavy atom. The Hall–Kier alpha value is -0.780. The van der Waals surface area contributed by atoms with E-state index in [1.807, 2.05) is 32.0 Å². The van der Waals surface area contributed by atoms with Crippen LogP contribution in [0.15, 0.2) is 18.2 Å². The van der Waals surface area contributed by atoms with Crippen LogP contribution >= 0.6 is 22.6 Å². The third kappa shape index (κ3) is 1.84. The molecule has 1 aromatic carbocycles. The summed E-state index contributed by atoms with van der Waals surface area (Å²) in [7, 11) is 0. The number of hydrogen-bond acceptors (Lipinski definition) is 2. The molecule has 4 heteroatoms. The van der Waals surface area contributed by atoms with Gasteiger partial charge in [-0.05, 0) is 54.6 Å². The van der Waals surface area contributed by atoms with Crippen molar-refractivity contribution in [2.75, 3.05) is 0 Å². The van der Waals surface area contributed by atoms with E-state index < -0.39 is 0 Å². The fraction of sp³-hybridized carbons (Fsp3) is 0.300. The predicted octanol–water partition coefficient (Wildman–Crippen LogP) is 2.95. The molecule has 0 radical (unpaired) electrons. The number of halogens is 1. The van der Waals surface area contributed by atoms with Crippen LogP contribution in [0.1, 0.15) is 13.8 Å². The van der Waals surface area contributed by atoms with E-state index in [1.165, 1.54) is 0 Å². The van der Waals surface area contributed by atoms with Crippen LogP contribution in [0.25, 0.3) is 10.9 Å². The van der Waals surface area contributed by atoms with Crippen molar-refractivity contribution in [3.05, 3.63) is 21.9 Å². The molecule has 1 aromatic heterocycles. The van der Waals surface area contributed by atoms with Crippen LogP contribution in [-0.4, -0.2) is 16.3 Å². The van der Waals surface area contributed by atoms with Gasteiger partial charge in [-0.25, -0.2) is 0 Å². The molecule has 74 valence electrons. The van der Waals surface area contributed by atoms with Gasteiger partial charge in [-0.2, -0.15) is 5.10 Å². The first kappa shape index (κ1) is 9.76. The largest absolute Gasteiger partial charge is 0.491 e. The van der Waals surface area contributed by atoms with Crippen LogP contribution in [0.2, 0.25) is 0 Å². The molecule has 0 aliphatic rings. The Kier molecular flexibility index (Phi) is 2.62. The van der Waals surface area contributed by atoms with Crippen molar-refractivity contribution in [1.29, 1.82) is 0 Å². The van der Waals surface area contributed by atoms with Gasteiger partial charge in [0.15, 0.2) is 0 Å². The number of fused-ring (bicyclic) bond motifs is 1. The van der Waals surface area contributed by atoms with E-state index in [1.54, 1.807) is 0 Å². The van der Waals surface area contributed by atoms with E-state index in [-0.39, 0.29) is 6.10 Å². The minimum absolute atomic E-state index is 0.206. The van der Waals surface area contributed by atoms with Gasteiger partial charge in [0.2, 0.25) is 0 Å². The summed E-state index contributed by atoms with van der Waals surface area (Å²) < 4.78 is 6.65. The zero-order valence-corrected chi connectivity index (χ0v) is 10.2. The van der Waals surface area contributed by atoms with E-state index in [2.05, 4.69) is 32.8 Å². The molecule has 0 fully saturated rings. The number of aromatic amines is 1. The second kappa shape index (κ2) is 3.76. The monoisotopic (exact) mass is 302 g/mol. The number of nitrogens with one attached hydrogen (secondary N) is 1. The minimum atomic E-state index is 0.206. The molecule has 2 aromatic rings. The van der Waals surface area contributed by atoms with Crippen LogP contribution in [-0.2, 0) is 0 Å². The molecule has 0 atom stereocenters. The van der Waals surface area contributed by atoms with E-state index in [4.69, 9.17) is 4.74 Å². The summed E-state index contributed by atoms with van der Waals surface area (Å²) in [5.74, 6) is 0.895. The van der Waals surface area contributed by atoms with Crippen LogP contribution in [0.4, 0.5) is 0 Å². The van der Waals surface area contributed by atoms with E-state index in [0.717, 1.165) is 20.4 Å². The highest BCUT2D eigenvalue weighted by Gasteiger charge is 2.04. The lowest BCUT2D eigenvalue weighted by Crippen LogP contribution is -2.05. The molecule has 14 heavy (non-hydrogen) atoms. The summed E-state index contributed by atoms with van der Waals surface area (Å²) in [4.78, 5) is 0. The van der Waals surface area contributed by atoms with Gasteiger partial charge in [0.1, 0.15) is 9.45 Å². The van der Waals surface area contributed by atoms with Crippen LogP contribution in [0.3, 0.4) is 0 Å². The fourth-order valence-electron chi connectivity index (χ4n) is 1.30. The standard InChI is InChI=1S/C10H11IN2O/c1-6(2)14-7-3-4-9-8(5-7)10(11)13-12-9/h3-6H,1-2H3,(H,12,13). The van der Waals surface area contributed by atoms with Crippen molar-refractivity contribution in [1.82, 2.24) is 10.2 Å². The molecule has 0 aliphatic heterocycles. The van der Waals surface area contributed by atoms with Gasteiger partial charge in [0.25, 0.3) is 0 Å². The van der Waals surface area contributed by atoms with E-state index in [0.29, 0.717) is 0 Å². The molecule has 0 bridgehead atoms. The highest BCUT2D eigenvalue weighted by molar-refractivity contribution is 14.1. The summed E-state index contributed by atoms with van der Waals surface area (Å²) in [5.41, 5.74) is 0.977. The Labute approximate surface area is 96.0 Å². The summed E-state index contributed by atoms with van der Waals surface area (Å²) >= 11 is 2.23. The molecule has 1 N–H and O–H groups in total. The fourth-order valence-corrected chi connectivity index (χ4v) is 1.86. The van der Waals surface area contributed by atoms with E-state index >= 15 is 0 Å². The Balaban J connectivity index is 2.44. The van der Waals surface area contributed by atoms with Gasteiger partial charge in [0.05, 0.1) is 11.6 Å². The first-order valence-electron chi connectivity index (χ1n) is 4.47. The molecule has 0 spiro atoms. The Morgan fingerprint density at radius 1 is 1.43 bits per heavy atom. The van der Waals surface area contributed by atoms with Crippen LogP contribution < -0.4 is 4.74 Å². The molecule has 0 aliphatic carbocycles. The molecule has 2 rings (SSSR count). The molecular formula is C10H11IN2O. The zero-order valence-electron chi connectivity index (χ0n) is 8.04. The maximum atomic E-state index is 5.60. The topological polar surface area (TPSA) is 37.9 Å². The molecule has 0 amide bonds. The molecule has 0 saturated heterocycles. The van der Waals surface area contributed by atoms with Gasteiger partial charge < -0.3 is 4.74 Å². The van der Waals surface area contributed by atoms with E-state index in [9.17, 15) is 0 Å². The number of ether oxygens (including phenoxy) is 1. The van der Waals surface area contributed by atoms with Crippen molar-refractivity contribution in [3.63, 3.8) is 0 Å². The average molecular weight is 302 g/mol. The van der Waals surface area contributed by atoms with Crippen molar-refractivity contribution < 1.29 is 4.74 Å². The highest BCUT2D eigenvalue weighted by Crippen LogP contribution is 2.23. The van der Waals surface area contributed by atoms with Gasteiger partial charge in [-0.3, -0.25) is 5.10 Å². The smallest absolute Gasteiger partial charge is 0.120 e. The first-order chi connectivity index (χ1) is 6.66. The van der Waals surface area contributed by atoms with Gasteiger partial charge in [0, 0.05) is 5.39 Å². The molecular weight excluding hydrogens is 291 g/mol. The number of nitrogens with zero attached hydrogens (tertiary/aromatic N) is 1. The van der Waals surface area contributed by atoms with Crippen molar-refractivity contribution in [3.8, 4) is 5.75 Å². The zero-order chi connectivity index (χ0) is 10.1. The van der Waals surface area contributed by atoms with Gasteiger partial charge in [-0.15, -0.1) is 0 Å². The summed E-state index contributed by atoms with van der Waals surface area (Å²) in [6.07, 6.45) is 0.206. The molecule has 0 unspecified atom stereocenters. The second-order valence-electron chi connectivity index (χ2n) is 3.38. The number of rotatable bonds is 2. The minimum Gasteiger partial charge on any atom is -0.491 e. The van der Waals surface area contributed by atoms with Crippen molar-refractivity contribution >= 4 is 33.5 Å². The maximum Gasteiger partial charge on any atom is 0.120 e. The number of H-pyrrole nitrogens is 1.